The van der Waals surface area contributed by atoms with Gasteiger partial charge in [-0.2, -0.15) is 11.8 Å². The van der Waals surface area contributed by atoms with E-state index in [1.165, 1.54) is 0 Å². The summed E-state index contributed by atoms with van der Waals surface area (Å²) in [5.74, 6) is 1.50. The quantitative estimate of drug-likeness (QED) is 0.672. The van der Waals surface area contributed by atoms with Crippen molar-refractivity contribution in [1.29, 1.82) is 0 Å². The van der Waals surface area contributed by atoms with Gasteiger partial charge in [0.1, 0.15) is 0 Å². The normalized spacial score (nSPS) is 48.5. The number of ether oxygens (including phenoxy) is 1. The summed E-state index contributed by atoms with van der Waals surface area (Å²) in [7, 11) is 0. The average Bonchev–Trinajstić information content (AvgIpc) is 2.62. The Morgan fingerprint density at radius 2 is 2.42 bits per heavy atom. The first-order chi connectivity index (χ1) is 5.73. The van der Waals surface area contributed by atoms with Gasteiger partial charge in [-0.3, -0.25) is 0 Å². The van der Waals surface area contributed by atoms with Crippen LogP contribution < -0.4 is 0 Å². The average molecular weight is 188 g/mol. The summed E-state index contributed by atoms with van der Waals surface area (Å²) in [5.41, 5.74) is -0.429. The van der Waals surface area contributed by atoms with Gasteiger partial charge in [0, 0.05) is 17.8 Å². The largest absolute Gasteiger partial charge is 0.388 e. The van der Waals surface area contributed by atoms with Gasteiger partial charge in [-0.1, -0.05) is 6.92 Å². The maximum atomic E-state index is 10.4. The minimum Gasteiger partial charge on any atom is -0.388 e. The molecule has 70 valence electrons. The highest BCUT2D eigenvalue weighted by Gasteiger charge is 2.46. The Kier molecular flexibility index (Phi) is 2.36. The lowest BCUT2D eigenvalue weighted by Crippen LogP contribution is -2.43. The number of thioether (sulfide) groups is 1. The van der Waals surface area contributed by atoms with E-state index in [9.17, 15) is 5.11 Å². The lowest BCUT2D eigenvalue weighted by Gasteiger charge is -2.32. The zero-order chi connectivity index (χ0) is 8.60. The van der Waals surface area contributed by atoms with Crippen molar-refractivity contribution in [3.05, 3.63) is 0 Å². The number of hydrogen-bond acceptors (Lipinski definition) is 3. The van der Waals surface area contributed by atoms with E-state index in [0.29, 0.717) is 11.2 Å². The topological polar surface area (TPSA) is 29.5 Å². The van der Waals surface area contributed by atoms with Crippen LogP contribution in [0.4, 0.5) is 0 Å². The number of aliphatic hydroxyl groups is 1. The molecule has 0 radical (unpaired) electrons. The van der Waals surface area contributed by atoms with Gasteiger partial charge < -0.3 is 9.84 Å². The minimum absolute atomic E-state index is 0.391. The molecular weight excluding hydrogens is 172 g/mol. The van der Waals surface area contributed by atoms with Crippen LogP contribution in [0.3, 0.4) is 0 Å². The van der Waals surface area contributed by atoms with E-state index >= 15 is 0 Å². The van der Waals surface area contributed by atoms with Gasteiger partial charge in [0.05, 0.1) is 12.2 Å². The van der Waals surface area contributed by atoms with Crippen LogP contribution in [-0.2, 0) is 4.74 Å². The summed E-state index contributed by atoms with van der Waals surface area (Å²) in [5, 5.41) is 10.8. The highest BCUT2D eigenvalue weighted by Crippen LogP contribution is 2.43. The molecule has 0 spiro atoms. The van der Waals surface area contributed by atoms with Crippen molar-refractivity contribution in [2.24, 2.45) is 5.92 Å². The summed E-state index contributed by atoms with van der Waals surface area (Å²) in [4.78, 5) is 0. The molecule has 12 heavy (non-hydrogen) atoms. The monoisotopic (exact) mass is 188 g/mol. The number of rotatable bonds is 1. The smallest absolute Gasteiger partial charge is 0.0821 e. The standard InChI is InChI=1S/C9H16O2S/c1-7-9(10,3-5-12-7)8-2-4-11-6-8/h7-8,10H,2-6H2,1H3. The molecule has 0 aliphatic carbocycles. The van der Waals surface area contributed by atoms with E-state index in [2.05, 4.69) is 6.92 Å². The first-order valence-corrected chi connectivity index (χ1v) is 5.70. The number of hydrogen-bond donors (Lipinski definition) is 1. The molecule has 3 atom stereocenters. The van der Waals surface area contributed by atoms with Crippen LogP contribution in [0.2, 0.25) is 0 Å². The Morgan fingerprint density at radius 1 is 1.58 bits per heavy atom. The Morgan fingerprint density at radius 3 is 2.92 bits per heavy atom. The van der Waals surface area contributed by atoms with Crippen molar-refractivity contribution < 1.29 is 9.84 Å². The van der Waals surface area contributed by atoms with Gasteiger partial charge in [-0.25, -0.2) is 0 Å². The summed E-state index contributed by atoms with van der Waals surface area (Å²) in [6.07, 6.45) is 1.99. The van der Waals surface area contributed by atoms with Crippen LogP contribution >= 0.6 is 11.8 Å². The van der Waals surface area contributed by atoms with E-state index in [-0.39, 0.29) is 0 Å². The Balaban J connectivity index is 2.07. The fourth-order valence-corrected chi connectivity index (χ4v) is 3.61. The highest BCUT2D eigenvalue weighted by molar-refractivity contribution is 8.00. The van der Waals surface area contributed by atoms with Gasteiger partial charge >= 0.3 is 0 Å². The molecule has 3 unspecified atom stereocenters. The first kappa shape index (κ1) is 8.85. The summed E-state index contributed by atoms with van der Waals surface area (Å²) < 4.78 is 5.31. The molecule has 2 rings (SSSR count). The zero-order valence-electron chi connectivity index (χ0n) is 7.45. The summed E-state index contributed by atoms with van der Waals surface area (Å²) in [6, 6.07) is 0. The fourth-order valence-electron chi connectivity index (χ4n) is 2.21. The summed E-state index contributed by atoms with van der Waals surface area (Å²) >= 11 is 1.89. The van der Waals surface area contributed by atoms with Gasteiger partial charge in [-0.05, 0) is 18.6 Å². The van der Waals surface area contributed by atoms with Crippen molar-refractivity contribution in [3.8, 4) is 0 Å². The van der Waals surface area contributed by atoms with Crippen LogP contribution in [0, 0.1) is 5.92 Å². The third-order valence-electron chi connectivity index (χ3n) is 3.21. The molecule has 2 fully saturated rings. The minimum atomic E-state index is -0.429. The molecular formula is C9H16O2S. The molecule has 3 heteroatoms. The second-order valence-electron chi connectivity index (χ2n) is 3.81. The van der Waals surface area contributed by atoms with Crippen molar-refractivity contribution in [3.63, 3.8) is 0 Å². The predicted molar refractivity (Wildman–Crippen MR) is 50.4 cm³/mol. The van der Waals surface area contributed by atoms with Crippen molar-refractivity contribution in [2.45, 2.75) is 30.6 Å². The van der Waals surface area contributed by atoms with Crippen LogP contribution in [0.15, 0.2) is 0 Å². The molecule has 0 amide bonds. The van der Waals surface area contributed by atoms with Gasteiger partial charge in [0.25, 0.3) is 0 Å². The maximum absolute atomic E-state index is 10.4. The van der Waals surface area contributed by atoms with Crippen molar-refractivity contribution in [1.82, 2.24) is 0 Å². The second kappa shape index (κ2) is 3.20. The predicted octanol–water partition coefficient (Wildman–Crippen LogP) is 1.28. The molecule has 2 aliphatic heterocycles. The van der Waals surface area contributed by atoms with Gasteiger partial charge in [-0.15, -0.1) is 0 Å². The summed E-state index contributed by atoms with van der Waals surface area (Å²) in [6.45, 7) is 3.74. The van der Waals surface area contributed by atoms with Crippen LogP contribution in [0.1, 0.15) is 19.8 Å². The second-order valence-corrected chi connectivity index (χ2v) is 5.26. The van der Waals surface area contributed by atoms with Crippen LogP contribution in [0.5, 0.6) is 0 Å². The molecule has 0 aromatic carbocycles. The highest BCUT2D eigenvalue weighted by atomic mass is 32.2. The Labute approximate surface area is 77.7 Å². The fraction of sp³-hybridized carbons (Fsp3) is 1.00. The van der Waals surface area contributed by atoms with Crippen LogP contribution in [-0.4, -0.2) is 34.9 Å². The third-order valence-corrected chi connectivity index (χ3v) is 4.56. The maximum Gasteiger partial charge on any atom is 0.0821 e. The SMILES string of the molecule is CC1SCCC1(O)C1CCOC1. The Bertz CT molecular complexity index is 168. The van der Waals surface area contributed by atoms with Gasteiger partial charge in [0.15, 0.2) is 0 Å². The van der Waals surface area contributed by atoms with Crippen LogP contribution in [0.25, 0.3) is 0 Å². The molecule has 0 bridgehead atoms. The Hall–Kier alpha value is 0.270. The first-order valence-electron chi connectivity index (χ1n) is 4.65. The van der Waals surface area contributed by atoms with E-state index in [1.54, 1.807) is 0 Å². The van der Waals surface area contributed by atoms with Crippen molar-refractivity contribution in [2.75, 3.05) is 19.0 Å². The molecule has 2 nitrogen and oxygen atoms in total. The molecule has 2 saturated heterocycles. The van der Waals surface area contributed by atoms with E-state index in [1.807, 2.05) is 11.8 Å². The zero-order valence-corrected chi connectivity index (χ0v) is 8.27. The molecule has 0 aromatic rings. The van der Waals surface area contributed by atoms with E-state index in [0.717, 1.165) is 31.8 Å². The molecule has 1 N–H and O–H groups in total. The van der Waals surface area contributed by atoms with Gasteiger partial charge in [0.2, 0.25) is 0 Å². The molecule has 0 saturated carbocycles. The van der Waals surface area contributed by atoms with E-state index < -0.39 is 5.60 Å². The lowest BCUT2D eigenvalue weighted by molar-refractivity contribution is -0.0165. The molecule has 0 aromatic heterocycles. The molecule has 2 heterocycles. The van der Waals surface area contributed by atoms with E-state index in [4.69, 9.17) is 4.74 Å². The lowest BCUT2D eigenvalue weighted by atomic mass is 9.82. The molecule has 2 aliphatic rings. The third kappa shape index (κ3) is 1.28. The van der Waals surface area contributed by atoms with Crippen molar-refractivity contribution >= 4 is 11.8 Å².